The monoisotopic (exact) mass is 309 g/mol. The Kier molecular flexibility index (Phi) is 3.79. The number of nitrogens with two attached hydrogens (primary N) is 1. The lowest BCUT2D eigenvalue weighted by Crippen LogP contribution is -2.39. The Morgan fingerprint density at radius 3 is 2.71 bits per heavy atom. The molecular formula is C14H23N5OS. The average molecular weight is 309 g/mol. The van der Waals surface area contributed by atoms with E-state index in [-0.39, 0.29) is 5.91 Å². The molecule has 2 saturated heterocycles. The van der Waals surface area contributed by atoms with Crippen LogP contribution in [0.4, 0.5) is 10.9 Å². The van der Waals surface area contributed by atoms with Crippen molar-refractivity contribution < 1.29 is 4.79 Å². The highest BCUT2D eigenvalue weighted by Gasteiger charge is 2.36. The van der Waals surface area contributed by atoms with E-state index < -0.39 is 0 Å². The summed E-state index contributed by atoms with van der Waals surface area (Å²) in [7, 11) is 6.00. The molecule has 2 unspecified atom stereocenters. The molecule has 1 amide bonds. The maximum Gasteiger partial charge on any atom is 0.267 e. The predicted molar refractivity (Wildman–Crippen MR) is 85.9 cm³/mol. The normalized spacial score (nSPS) is 26.0. The predicted octanol–water partition coefficient (Wildman–Crippen LogP) is 1.10. The number of anilines is 2. The molecule has 7 heteroatoms. The highest BCUT2D eigenvalue weighted by atomic mass is 32.1. The van der Waals surface area contributed by atoms with Crippen LogP contribution in [0.1, 0.15) is 28.9 Å². The molecule has 2 fully saturated rings. The third-order valence-electron chi connectivity index (χ3n) is 4.65. The Labute approximate surface area is 129 Å². The van der Waals surface area contributed by atoms with Crippen molar-refractivity contribution in [3.8, 4) is 0 Å². The Hall–Kier alpha value is -1.34. The summed E-state index contributed by atoms with van der Waals surface area (Å²) in [6.45, 7) is 1.62. The number of nitrogen functional groups attached to an aromatic ring is 1. The van der Waals surface area contributed by atoms with Crippen molar-refractivity contribution in [1.82, 2.24) is 14.8 Å². The van der Waals surface area contributed by atoms with Crippen LogP contribution in [0.3, 0.4) is 0 Å². The third kappa shape index (κ3) is 2.60. The third-order valence-corrected chi connectivity index (χ3v) is 5.88. The minimum absolute atomic E-state index is 0.0408. The van der Waals surface area contributed by atoms with Crippen LogP contribution in [0.5, 0.6) is 0 Å². The molecule has 116 valence electrons. The van der Waals surface area contributed by atoms with E-state index >= 15 is 0 Å². The van der Waals surface area contributed by atoms with E-state index in [0.29, 0.717) is 22.8 Å². The van der Waals surface area contributed by atoms with Crippen LogP contribution in [0, 0.1) is 0 Å². The fourth-order valence-corrected chi connectivity index (χ4v) is 4.18. The van der Waals surface area contributed by atoms with E-state index in [1.165, 1.54) is 24.2 Å². The number of amides is 1. The topological polar surface area (TPSA) is 65.7 Å². The molecule has 0 radical (unpaired) electrons. The second-order valence-corrected chi connectivity index (χ2v) is 7.17. The largest absolute Gasteiger partial charge is 0.382 e. The van der Waals surface area contributed by atoms with Crippen LogP contribution in [0.25, 0.3) is 0 Å². The molecule has 3 heterocycles. The first kappa shape index (κ1) is 14.6. The summed E-state index contributed by atoms with van der Waals surface area (Å²) >= 11 is 1.38. The van der Waals surface area contributed by atoms with Gasteiger partial charge in [-0.25, -0.2) is 4.98 Å². The van der Waals surface area contributed by atoms with E-state index in [9.17, 15) is 4.79 Å². The molecule has 2 bridgehead atoms. The molecule has 1 aromatic rings. The zero-order chi connectivity index (χ0) is 15.1. The van der Waals surface area contributed by atoms with Crippen LogP contribution in [0.2, 0.25) is 0 Å². The molecule has 0 aromatic carbocycles. The molecule has 0 aliphatic carbocycles. The summed E-state index contributed by atoms with van der Waals surface area (Å²) in [5, 5.41) is 0.782. The summed E-state index contributed by atoms with van der Waals surface area (Å²) in [4.78, 5) is 23.9. The fourth-order valence-electron chi connectivity index (χ4n) is 3.30. The molecule has 1 aromatic heterocycles. The lowest BCUT2D eigenvalue weighted by atomic mass is 10.1. The Morgan fingerprint density at radius 1 is 1.33 bits per heavy atom. The van der Waals surface area contributed by atoms with Crippen LogP contribution in [-0.2, 0) is 0 Å². The number of fused-ring (bicyclic) bond motifs is 2. The molecule has 0 spiro atoms. The van der Waals surface area contributed by atoms with Crippen LogP contribution in [0.15, 0.2) is 0 Å². The SMILES string of the molecule is CN(C)c1nc(N)c(C(=O)N2CCC3CCC(C2)N3C)s1. The van der Waals surface area contributed by atoms with Gasteiger partial charge < -0.3 is 15.5 Å². The van der Waals surface area contributed by atoms with E-state index in [4.69, 9.17) is 5.73 Å². The van der Waals surface area contributed by atoms with Gasteiger partial charge >= 0.3 is 0 Å². The van der Waals surface area contributed by atoms with Crippen molar-refractivity contribution in [3.63, 3.8) is 0 Å². The molecule has 21 heavy (non-hydrogen) atoms. The summed E-state index contributed by atoms with van der Waals surface area (Å²) in [6, 6.07) is 1.12. The lowest BCUT2D eigenvalue weighted by Gasteiger charge is -2.25. The molecular weight excluding hydrogens is 286 g/mol. The Bertz CT molecular complexity index is 543. The van der Waals surface area contributed by atoms with Gasteiger partial charge in [0.2, 0.25) is 0 Å². The number of rotatable bonds is 2. The van der Waals surface area contributed by atoms with Gasteiger partial charge in [0.05, 0.1) is 0 Å². The van der Waals surface area contributed by atoms with Gasteiger partial charge in [0.25, 0.3) is 5.91 Å². The standard InChI is InChI=1S/C14H23N5OS/c1-17(2)14-16-12(15)11(21-14)13(20)19-7-6-9-4-5-10(8-19)18(9)3/h9-10H,4-8,15H2,1-3H3. The van der Waals surface area contributed by atoms with Crippen LogP contribution >= 0.6 is 11.3 Å². The molecule has 0 saturated carbocycles. The molecule has 2 N–H and O–H groups in total. The van der Waals surface area contributed by atoms with Gasteiger partial charge in [-0.2, -0.15) is 0 Å². The minimum Gasteiger partial charge on any atom is -0.382 e. The number of thiazole rings is 1. The van der Waals surface area contributed by atoms with Gasteiger partial charge in [0.1, 0.15) is 10.7 Å². The molecule has 2 aliphatic rings. The second-order valence-electron chi connectivity index (χ2n) is 6.20. The van der Waals surface area contributed by atoms with Gasteiger partial charge in [-0.05, 0) is 26.3 Å². The van der Waals surface area contributed by atoms with Gasteiger partial charge in [-0.1, -0.05) is 11.3 Å². The molecule has 2 atom stereocenters. The first-order chi connectivity index (χ1) is 9.97. The number of likely N-dealkylation sites (N-methyl/N-ethyl adjacent to an activating group) is 1. The van der Waals surface area contributed by atoms with Gasteiger partial charge in [0, 0.05) is 39.3 Å². The number of carbonyl (C=O) groups excluding carboxylic acids is 1. The van der Waals surface area contributed by atoms with Crippen molar-refractivity contribution in [2.45, 2.75) is 31.3 Å². The number of hydrogen-bond donors (Lipinski definition) is 1. The highest BCUT2D eigenvalue weighted by Crippen LogP contribution is 2.32. The summed E-state index contributed by atoms with van der Waals surface area (Å²) < 4.78 is 0. The van der Waals surface area contributed by atoms with E-state index in [1.807, 2.05) is 23.9 Å². The van der Waals surface area contributed by atoms with E-state index in [2.05, 4.69) is 16.9 Å². The number of aromatic nitrogens is 1. The molecule has 3 rings (SSSR count). The van der Waals surface area contributed by atoms with Crippen molar-refractivity contribution >= 4 is 28.2 Å². The van der Waals surface area contributed by atoms with Crippen LogP contribution < -0.4 is 10.6 Å². The average Bonchev–Trinajstić information content (AvgIpc) is 2.90. The zero-order valence-corrected chi connectivity index (χ0v) is 13.7. The van der Waals surface area contributed by atoms with Crippen molar-refractivity contribution in [3.05, 3.63) is 4.88 Å². The lowest BCUT2D eigenvalue weighted by molar-refractivity contribution is 0.0746. The van der Waals surface area contributed by atoms with Crippen molar-refractivity contribution in [2.24, 2.45) is 0 Å². The Morgan fingerprint density at radius 2 is 2.05 bits per heavy atom. The van der Waals surface area contributed by atoms with E-state index in [0.717, 1.165) is 24.6 Å². The summed E-state index contributed by atoms with van der Waals surface area (Å²) in [5.74, 6) is 0.399. The minimum atomic E-state index is 0.0408. The number of carbonyl (C=O) groups is 1. The van der Waals surface area contributed by atoms with Crippen LogP contribution in [-0.4, -0.2) is 67.0 Å². The maximum atomic E-state index is 12.8. The smallest absolute Gasteiger partial charge is 0.267 e. The first-order valence-corrected chi connectivity index (χ1v) is 8.24. The van der Waals surface area contributed by atoms with E-state index in [1.54, 1.807) is 0 Å². The summed E-state index contributed by atoms with van der Waals surface area (Å²) in [5.41, 5.74) is 5.94. The quantitative estimate of drug-likeness (QED) is 0.886. The first-order valence-electron chi connectivity index (χ1n) is 7.42. The second kappa shape index (κ2) is 5.46. The number of likely N-dealkylation sites (tertiary alicyclic amines) is 1. The van der Waals surface area contributed by atoms with Gasteiger partial charge in [-0.3, -0.25) is 9.69 Å². The van der Waals surface area contributed by atoms with Crippen molar-refractivity contribution in [1.29, 1.82) is 0 Å². The number of hydrogen-bond acceptors (Lipinski definition) is 6. The summed E-state index contributed by atoms with van der Waals surface area (Å²) in [6.07, 6.45) is 3.50. The van der Waals surface area contributed by atoms with Crippen molar-refractivity contribution in [2.75, 3.05) is 44.9 Å². The molecule has 2 aliphatic heterocycles. The fraction of sp³-hybridized carbons (Fsp3) is 0.714. The molecule has 6 nitrogen and oxygen atoms in total. The maximum absolute atomic E-state index is 12.8. The Balaban J connectivity index is 1.79. The zero-order valence-electron chi connectivity index (χ0n) is 12.9. The van der Waals surface area contributed by atoms with Gasteiger partial charge in [-0.15, -0.1) is 0 Å². The highest BCUT2D eigenvalue weighted by molar-refractivity contribution is 7.18. The number of nitrogens with zero attached hydrogens (tertiary/aromatic N) is 4. The van der Waals surface area contributed by atoms with Gasteiger partial charge in [0.15, 0.2) is 5.13 Å².